The average Bonchev–Trinajstić information content (AvgIpc) is 3.37. The Hall–Kier alpha value is -3.55. The molecule has 0 spiro atoms. The minimum Gasteiger partial charge on any atom is -0.454 e. The molecule has 8 nitrogen and oxygen atoms in total. The summed E-state index contributed by atoms with van der Waals surface area (Å²) in [6.45, 7) is 5.49. The number of aromatic nitrogens is 2. The Morgan fingerprint density at radius 2 is 1.93 bits per heavy atom. The lowest BCUT2D eigenvalue weighted by Gasteiger charge is -2.17. The lowest BCUT2D eigenvalue weighted by Crippen LogP contribution is -2.31. The topological polar surface area (TPSA) is 85.2 Å². The minimum absolute atomic E-state index is 0.178. The van der Waals surface area contributed by atoms with Crippen molar-refractivity contribution in [3.8, 4) is 11.5 Å². The number of fused-ring (bicyclic) bond motifs is 2. The summed E-state index contributed by atoms with van der Waals surface area (Å²) in [6.07, 6.45) is 1.73. The Morgan fingerprint density at radius 3 is 2.72 bits per heavy atom. The standard InChI is InChI=1S/C21H22N4O4/c1-3-24(4-2)21(27)18-15-7-5-6-10-25(15)19(23-18)20(26)22-12-14-8-9-16-17(11-14)29-13-28-16/h5-11H,3-4,12-13H2,1-2H3,(H,22,26). The Balaban J connectivity index is 1.58. The van der Waals surface area contributed by atoms with Gasteiger partial charge in [-0.25, -0.2) is 4.98 Å². The molecule has 0 radical (unpaired) electrons. The van der Waals surface area contributed by atoms with Crippen LogP contribution in [0.15, 0.2) is 42.6 Å². The van der Waals surface area contributed by atoms with E-state index >= 15 is 0 Å². The van der Waals surface area contributed by atoms with Gasteiger partial charge in [-0.2, -0.15) is 0 Å². The largest absolute Gasteiger partial charge is 0.454 e. The Morgan fingerprint density at radius 1 is 1.14 bits per heavy atom. The fraction of sp³-hybridized carbons (Fsp3) is 0.286. The predicted octanol–water partition coefficient (Wildman–Crippen LogP) is 2.48. The van der Waals surface area contributed by atoms with Gasteiger partial charge in [-0.1, -0.05) is 12.1 Å². The van der Waals surface area contributed by atoms with Crippen molar-refractivity contribution in [3.05, 3.63) is 59.7 Å². The highest BCUT2D eigenvalue weighted by Gasteiger charge is 2.24. The number of imidazole rings is 1. The molecule has 1 aliphatic heterocycles. The second kappa shape index (κ2) is 7.83. The number of carbonyl (C=O) groups excluding carboxylic acids is 2. The second-order valence-corrected chi connectivity index (χ2v) is 6.59. The third kappa shape index (κ3) is 3.49. The zero-order valence-corrected chi connectivity index (χ0v) is 16.3. The van der Waals surface area contributed by atoms with Crippen LogP contribution in [-0.4, -0.2) is 46.0 Å². The SMILES string of the molecule is CCN(CC)C(=O)c1nc(C(=O)NCc2ccc3c(c2)OCO3)n2ccccc12. The van der Waals surface area contributed by atoms with Crippen LogP contribution in [0, 0.1) is 0 Å². The van der Waals surface area contributed by atoms with Crippen LogP contribution in [0.1, 0.15) is 40.5 Å². The van der Waals surface area contributed by atoms with Crippen LogP contribution in [0.5, 0.6) is 11.5 Å². The molecule has 1 N–H and O–H groups in total. The van der Waals surface area contributed by atoms with E-state index in [9.17, 15) is 9.59 Å². The van der Waals surface area contributed by atoms with Crippen molar-refractivity contribution in [2.75, 3.05) is 19.9 Å². The van der Waals surface area contributed by atoms with Crippen molar-refractivity contribution in [1.82, 2.24) is 19.6 Å². The molecule has 29 heavy (non-hydrogen) atoms. The van der Waals surface area contributed by atoms with E-state index in [1.165, 1.54) is 0 Å². The molecule has 150 valence electrons. The highest BCUT2D eigenvalue weighted by atomic mass is 16.7. The van der Waals surface area contributed by atoms with E-state index in [1.54, 1.807) is 27.6 Å². The van der Waals surface area contributed by atoms with Crippen molar-refractivity contribution >= 4 is 17.3 Å². The minimum atomic E-state index is -0.359. The summed E-state index contributed by atoms with van der Waals surface area (Å²) in [5.74, 6) is 0.988. The molecule has 0 saturated carbocycles. The molecule has 0 atom stereocenters. The Bertz CT molecular complexity index is 1070. The highest BCUT2D eigenvalue weighted by Crippen LogP contribution is 2.32. The molecule has 0 bridgehead atoms. The number of carbonyl (C=O) groups is 2. The molecule has 2 aromatic heterocycles. The molecule has 8 heteroatoms. The Kier molecular flexibility index (Phi) is 5.07. The molecule has 0 aliphatic carbocycles. The van der Waals surface area contributed by atoms with E-state index in [0.717, 1.165) is 5.56 Å². The van der Waals surface area contributed by atoms with Gasteiger partial charge in [0.2, 0.25) is 12.6 Å². The lowest BCUT2D eigenvalue weighted by atomic mass is 10.2. The van der Waals surface area contributed by atoms with Crippen LogP contribution < -0.4 is 14.8 Å². The maximum atomic E-state index is 12.8. The van der Waals surface area contributed by atoms with Gasteiger partial charge in [0.05, 0.1) is 5.52 Å². The van der Waals surface area contributed by atoms with E-state index in [4.69, 9.17) is 9.47 Å². The van der Waals surface area contributed by atoms with Gasteiger partial charge >= 0.3 is 0 Å². The molecular formula is C21H22N4O4. The molecule has 1 aliphatic rings. The number of rotatable bonds is 6. The maximum Gasteiger partial charge on any atom is 0.287 e. The van der Waals surface area contributed by atoms with Gasteiger partial charge in [-0.05, 0) is 43.7 Å². The summed E-state index contributed by atoms with van der Waals surface area (Å²) in [4.78, 5) is 31.7. The molecule has 0 fully saturated rings. The number of benzene rings is 1. The Labute approximate surface area is 168 Å². The molecule has 3 aromatic rings. The monoisotopic (exact) mass is 394 g/mol. The van der Waals surface area contributed by atoms with E-state index in [1.807, 2.05) is 38.1 Å². The van der Waals surface area contributed by atoms with Crippen LogP contribution in [0.3, 0.4) is 0 Å². The maximum absolute atomic E-state index is 12.8. The summed E-state index contributed by atoms with van der Waals surface area (Å²) >= 11 is 0. The normalized spacial score (nSPS) is 12.2. The lowest BCUT2D eigenvalue weighted by molar-refractivity contribution is 0.0769. The summed E-state index contributed by atoms with van der Waals surface area (Å²) in [5, 5.41) is 2.86. The van der Waals surface area contributed by atoms with Gasteiger partial charge in [0.1, 0.15) is 0 Å². The third-order valence-electron chi connectivity index (χ3n) is 4.89. The van der Waals surface area contributed by atoms with Gasteiger partial charge in [-0.3, -0.25) is 14.0 Å². The zero-order valence-electron chi connectivity index (χ0n) is 16.3. The van der Waals surface area contributed by atoms with Crippen molar-refractivity contribution in [2.45, 2.75) is 20.4 Å². The first-order valence-corrected chi connectivity index (χ1v) is 9.55. The summed E-state index contributed by atoms with van der Waals surface area (Å²) in [7, 11) is 0. The summed E-state index contributed by atoms with van der Waals surface area (Å²) < 4.78 is 12.3. The highest BCUT2D eigenvalue weighted by molar-refractivity contribution is 6.02. The number of hydrogen-bond donors (Lipinski definition) is 1. The van der Waals surface area contributed by atoms with Crippen molar-refractivity contribution in [3.63, 3.8) is 0 Å². The summed E-state index contributed by atoms with van der Waals surface area (Å²) in [5.41, 5.74) is 1.77. The number of amides is 2. The van der Waals surface area contributed by atoms with Crippen LogP contribution >= 0.6 is 0 Å². The molecule has 1 aromatic carbocycles. The number of ether oxygens (including phenoxy) is 2. The molecule has 0 unspecified atom stereocenters. The summed E-state index contributed by atoms with van der Waals surface area (Å²) in [6, 6.07) is 10.9. The third-order valence-corrected chi connectivity index (χ3v) is 4.89. The van der Waals surface area contributed by atoms with E-state index in [-0.39, 0.29) is 30.1 Å². The van der Waals surface area contributed by atoms with Crippen LogP contribution in [-0.2, 0) is 6.54 Å². The second-order valence-electron chi connectivity index (χ2n) is 6.59. The first-order chi connectivity index (χ1) is 14.1. The van der Waals surface area contributed by atoms with Crippen LogP contribution in [0.4, 0.5) is 0 Å². The smallest absolute Gasteiger partial charge is 0.287 e. The zero-order chi connectivity index (χ0) is 20.4. The predicted molar refractivity (Wildman–Crippen MR) is 106 cm³/mol. The number of nitrogens with zero attached hydrogens (tertiary/aromatic N) is 3. The van der Waals surface area contributed by atoms with Crippen molar-refractivity contribution < 1.29 is 19.1 Å². The fourth-order valence-electron chi connectivity index (χ4n) is 3.33. The first-order valence-electron chi connectivity index (χ1n) is 9.55. The van der Waals surface area contributed by atoms with Gasteiger partial charge in [0.25, 0.3) is 11.8 Å². The quantitative estimate of drug-likeness (QED) is 0.694. The van der Waals surface area contributed by atoms with Crippen LogP contribution in [0.25, 0.3) is 5.52 Å². The van der Waals surface area contributed by atoms with Crippen LogP contribution in [0.2, 0.25) is 0 Å². The number of pyridine rings is 1. The van der Waals surface area contributed by atoms with Crippen molar-refractivity contribution in [2.24, 2.45) is 0 Å². The van der Waals surface area contributed by atoms with E-state index in [2.05, 4.69) is 10.3 Å². The molecule has 3 heterocycles. The van der Waals surface area contributed by atoms with Gasteiger partial charge in [0.15, 0.2) is 17.2 Å². The van der Waals surface area contributed by atoms with Crippen molar-refractivity contribution in [1.29, 1.82) is 0 Å². The molecule has 0 saturated heterocycles. The fourth-order valence-corrected chi connectivity index (χ4v) is 3.33. The first kappa shape index (κ1) is 18.8. The molecule has 4 rings (SSSR count). The average molecular weight is 394 g/mol. The van der Waals surface area contributed by atoms with E-state index in [0.29, 0.717) is 36.6 Å². The van der Waals surface area contributed by atoms with Gasteiger partial charge in [-0.15, -0.1) is 0 Å². The van der Waals surface area contributed by atoms with Gasteiger partial charge in [0, 0.05) is 25.8 Å². The van der Waals surface area contributed by atoms with Gasteiger partial charge < -0.3 is 19.7 Å². The number of hydrogen-bond acceptors (Lipinski definition) is 5. The molecular weight excluding hydrogens is 372 g/mol. The molecule has 2 amide bonds. The number of nitrogens with one attached hydrogen (secondary N) is 1. The van der Waals surface area contributed by atoms with E-state index < -0.39 is 0 Å².